The monoisotopic (exact) mass is 368 g/mol. The van der Waals surface area contributed by atoms with Crippen LogP contribution < -0.4 is 9.47 Å². The molecule has 0 amide bonds. The molecule has 142 valence electrons. The maximum atomic E-state index is 12.4. The second-order valence-corrected chi connectivity index (χ2v) is 5.94. The van der Waals surface area contributed by atoms with Gasteiger partial charge in [0.25, 0.3) is 0 Å². The number of rotatable bonds is 8. The minimum atomic E-state index is -0.861. The van der Waals surface area contributed by atoms with Crippen LogP contribution in [-0.4, -0.2) is 32.1 Å². The van der Waals surface area contributed by atoms with Crippen LogP contribution in [0.2, 0.25) is 0 Å². The smallest absolute Gasteiger partial charge is 0.331 e. The van der Waals surface area contributed by atoms with Crippen LogP contribution >= 0.6 is 0 Å². The van der Waals surface area contributed by atoms with Crippen molar-refractivity contribution < 1.29 is 23.8 Å². The molecule has 0 aliphatic carbocycles. The number of hydrogen-bond donors (Lipinski definition) is 0. The molecule has 0 saturated heterocycles. The summed E-state index contributed by atoms with van der Waals surface area (Å²) >= 11 is 0. The number of carbonyl (C=O) groups is 2. The van der Waals surface area contributed by atoms with Gasteiger partial charge in [-0.05, 0) is 42.7 Å². The molecular weight excluding hydrogens is 344 g/mol. The molecule has 0 saturated carbocycles. The van der Waals surface area contributed by atoms with Gasteiger partial charge < -0.3 is 14.2 Å². The largest absolute Gasteiger partial charge is 0.493 e. The third kappa shape index (κ3) is 5.45. The van der Waals surface area contributed by atoms with Crippen LogP contribution in [0.1, 0.15) is 35.3 Å². The molecule has 0 aromatic heterocycles. The summed E-state index contributed by atoms with van der Waals surface area (Å²) in [5.41, 5.74) is 2.42. The number of hydrogen-bond acceptors (Lipinski definition) is 5. The van der Waals surface area contributed by atoms with E-state index in [-0.39, 0.29) is 5.78 Å². The first-order valence-corrected chi connectivity index (χ1v) is 8.72. The fourth-order valence-corrected chi connectivity index (χ4v) is 2.53. The average Bonchev–Trinajstić information content (AvgIpc) is 2.71. The van der Waals surface area contributed by atoms with Gasteiger partial charge >= 0.3 is 5.97 Å². The van der Waals surface area contributed by atoms with Gasteiger partial charge in [-0.25, -0.2) is 4.79 Å². The van der Waals surface area contributed by atoms with Crippen LogP contribution in [-0.2, 0) is 16.0 Å². The van der Waals surface area contributed by atoms with Gasteiger partial charge in [0.2, 0.25) is 5.78 Å². The molecule has 2 rings (SSSR count). The Morgan fingerprint density at radius 1 is 1.00 bits per heavy atom. The molecule has 1 atom stereocenters. The highest BCUT2D eigenvalue weighted by molar-refractivity contribution is 6.01. The molecule has 0 N–H and O–H groups in total. The number of aryl methyl sites for hydroxylation is 1. The second-order valence-electron chi connectivity index (χ2n) is 5.94. The molecule has 2 aromatic carbocycles. The van der Waals surface area contributed by atoms with E-state index in [0.29, 0.717) is 17.1 Å². The Labute approximate surface area is 159 Å². The highest BCUT2D eigenvalue weighted by atomic mass is 16.5. The van der Waals surface area contributed by atoms with E-state index in [2.05, 4.69) is 0 Å². The molecule has 2 aromatic rings. The van der Waals surface area contributed by atoms with Crippen molar-refractivity contribution in [2.45, 2.75) is 26.4 Å². The van der Waals surface area contributed by atoms with Crippen molar-refractivity contribution in [3.05, 3.63) is 65.2 Å². The Hall–Kier alpha value is -3.08. The Balaban J connectivity index is 1.99. The molecule has 0 aliphatic rings. The molecule has 0 heterocycles. The number of esters is 1. The maximum absolute atomic E-state index is 12.4. The summed E-state index contributed by atoms with van der Waals surface area (Å²) in [6.07, 6.45) is 2.92. The predicted molar refractivity (Wildman–Crippen MR) is 104 cm³/mol. The molecule has 0 unspecified atom stereocenters. The van der Waals surface area contributed by atoms with E-state index in [1.165, 1.54) is 6.08 Å². The molecule has 5 heteroatoms. The van der Waals surface area contributed by atoms with Crippen molar-refractivity contribution in [3.63, 3.8) is 0 Å². The van der Waals surface area contributed by atoms with Crippen molar-refractivity contribution in [2.24, 2.45) is 0 Å². The normalized spacial score (nSPS) is 11.9. The number of Topliss-reactive ketones (excluding diaryl/α,β-unsaturated/α-hetero) is 1. The quantitative estimate of drug-likeness (QED) is 0.399. The third-order valence-corrected chi connectivity index (χ3v) is 4.13. The molecule has 0 radical (unpaired) electrons. The van der Waals surface area contributed by atoms with Gasteiger partial charge in [0, 0.05) is 11.6 Å². The van der Waals surface area contributed by atoms with Gasteiger partial charge in [-0.3, -0.25) is 4.79 Å². The predicted octanol–water partition coefficient (Wildman–Crippen LogP) is 4.09. The van der Waals surface area contributed by atoms with E-state index < -0.39 is 12.1 Å². The zero-order chi connectivity index (χ0) is 19.8. The van der Waals surface area contributed by atoms with Crippen LogP contribution in [0.3, 0.4) is 0 Å². The van der Waals surface area contributed by atoms with Crippen molar-refractivity contribution in [1.82, 2.24) is 0 Å². The van der Waals surface area contributed by atoms with Crippen LogP contribution in [0, 0.1) is 0 Å². The minimum absolute atomic E-state index is 0.231. The fourth-order valence-electron chi connectivity index (χ4n) is 2.53. The van der Waals surface area contributed by atoms with Gasteiger partial charge in [0.1, 0.15) is 0 Å². The van der Waals surface area contributed by atoms with Gasteiger partial charge in [0.05, 0.1) is 14.2 Å². The summed E-state index contributed by atoms with van der Waals surface area (Å²) < 4.78 is 15.6. The Morgan fingerprint density at radius 3 is 2.26 bits per heavy atom. The topological polar surface area (TPSA) is 61.8 Å². The maximum Gasteiger partial charge on any atom is 0.331 e. The Morgan fingerprint density at radius 2 is 1.67 bits per heavy atom. The third-order valence-electron chi connectivity index (χ3n) is 4.13. The summed E-state index contributed by atoms with van der Waals surface area (Å²) in [6.45, 7) is 3.62. The zero-order valence-corrected chi connectivity index (χ0v) is 16.0. The number of methoxy groups -OCH3 is 2. The van der Waals surface area contributed by atoms with E-state index in [0.717, 1.165) is 17.5 Å². The van der Waals surface area contributed by atoms with Crippen molar-refractivity contribution in [3.8, 4) is 11.5 Å². The van der Waals surface area contributed by atoms with E-state index >= 15 is 0 Å². The van der Waals surface area contributed by atoms with Crippen molar-refractivity contribution in [1.29, 1.82) is 0 Å². The summed E-state index contributed by atoms with van der Waals surface area (Å²) in [4.78, 5) is 24.4. The summed E-state index contributed by atoms with van der Waals surface area (Å²) in [6, 6.07) is 12.6. The molecule has 0 bridgehead atoms. The standard InChI is InChI=1S/C22H24O5/c1-5-16-6-10-18(11-7-16)22(24)15(2)27-21(23)13-9-17-8-12-19(25-3)20(14-17)26-4/h6-15H,5H2,1-4H3/b13-9+/t15-/m0/s1. The summed E-state index contributed by atoms with van der Waals surface area (Å²) in [5.74, 6) is 0.346. The number of benzene rings is 2. The fraction of sp³-hybridized carbons (Fsp3) is 0.273. The Kier molecular flexibility index (Phi) is 7.17. The number of ketones is 1. The summed E-state index contributed by atoms with van der Waals surface area (Å²) in [5, 5.41) is 0. The number of carbonyl (C=O) groups excluding carboxylic acids is 2. The average molecular weight is 368 g/mol. The van der Waals surface area contributed by atoms with E-state index in [1.807, 2.05) is 19.1 Å². The van der Waals surface area contributed by atoms with Gasteiger partial charge in [-0.1, -0.05) is 37.3 Å². The highest BCUT2D eigenvalue weighted by Crippen LogP contribution is 2.28. The van der Waals surface area contributed by atoms with Crippen LogP contribution in [0.4, 0.5) is 0 Å². The minimum Gasteiger partial charge on any atom is -0.493 e. The van der Waals surface area contributed by atoms with Gasteiger partial charge in [-0.2, -0.15) is 0 Å². The molecule has 5 nitrogen and oxygen atoms in total. The lowest BCUT2D eigenvalue weighted by atomic mass is 10.0. The molecule has 27 heavy (non-hydrogen) atoms. The van der Waals surface area contributed by atoms with E-state index in [9.17, 15) is 9.59 Å². The molecule has 0 fully saturated rings. The van der Waals surface area contributed by atoms with Crippen molar-refractivity contribution >= 4 is 17.8 Å². The van der Waals surface area contributed by atoms with E-state index in [4.69, 9.17) is 14.2 Å². The van der Waals surface area contributed by atoms with Crippen LogP contribution in [0.15, 0.2) is 48.5 Å². The second kappa shape index (κ2) is 9.57. The van der Waals surface area contributed by atoms with Gasteiger partial charge in [-0.15, -0.1) is 0 Å². The number of ether oxygens (including phenoxy) is 3. The summed E-state index contributed by atoms with van der Waals surface area (Å²) in [7, 11) is 3.10. The SMILES string of the molecule is CCc1ccc(C(=O)[C@H](C)OC(=O)/C=C/c2ccc(OC)c(OC)c2)cc1. The lowest BCUT2D eigenvalue weighted by Gasteiger charge is -2.11. The first-order valence-electron chi connectivity index (χ1n) is 8.72. The van der Waals surface area contributed by atoms with Crippen LogP contribution in [0.5, 0.6) is 11.5 Å². The lowest BCUT2D eigenvalue weighted by Crippen LogP contribution is -2.23. The van der Waals surface area contributed by atoms with Crippen LogP contribution in [0.25, 0.3) is 6.08 Å². The lowest BCUT2D eigenvalue weighted by molar-refractivity contribution is -0.140. The molecular formula is C22H24O5. The van der Waals surface area contributed by atoms with E-state index in [1.54, 1.807) is 57.6 Å². The first kappa shape index (κ1) is 20.2. The Bertz CT molecular complexity index is 821. The zero-order valence-electron chi connectivity index (χ0n) is 16.0. The highest BCUT2D eigenvalue weighted by Gasteiger charge is 2.18. The molecule has 0 spiro atoms. The van der Waals surface area contributed by atoms with Gasteiger partial charge in [0.15, 0.2) is 17.6 Å². The first-order chi connectivity index (χ1) is 13.0. The van der Waals surface area contributed by atoms with Crippen molar-refractivity contribution in [2.75, 3.05) is 14.2 Å². The molecule has 0 aliphatic heterocycles.